The van der Waals surface area contributed by atoms with Crippen LogP contribution in [0.2, 0.25) is 0 Å². The van der Waals surface area contributed by atoms with Crippen LogP contribution < -0.4 is 5.73 Å². The summed E-state index contributed by atoms with van der Waals surface area (Å²) in [6.45, 7) is 4.79. The maximum absolute atomic E-state index is 12.0. The van der Waals surface area contributed by atoms with Gasteiger partial charge < -0.3 is 10.6 Å². The largest absolute Gasteiger partial charge is 0.383 e. The number of carbonyl (C=O) groups is 1. The van der Waals surface area contributed by atoms with Crippen molar-refractivity contribution in [3.63, 3.8) is 0 Å². The van der Waals surface area contributed by atoms with Gasteiger partial charge in [0.1, 0.15) is 17.8 Å². The highest BCUT2D eigenvalue weighted by Crippen LogP contribution is 2.34. The maximum atomic E-state index is 12.0. The summed E-state index contributed by atoms with van der Waals surface area (Å²) in [5, 5.41) is 6.59. The molecule has 0 aliphatic carbocycles. The second-order valence-electron chi connectivity index (χ2n) is 7.10. The zero-order valence-corrected chi connectivity index (χ0v) is 15.7. The molecule has 8 nitrogen and oxygen atoms in total. The molecule has 1 aliphatic rings. The van der Waals surface area contributed by atoms with Gasteiger partial charge in [-0.3, -0.25) is 9.78 Å². The number of hydrogen-bond donors (Lipinski definition) is 1. The molecule has 0 saturated carbocycles. The fourth-order valence-corrected chi connectivity index (χ4v) is 3.92. The van der Waals surface area contributed by atoms with Crippen molar-refractivity contribution in [1.29, 1.82) is 0 Å². The number of benzene rings is 1. The minimum Gasteiger partial charge on any atom is -0.383 e. The first-order valence-corrected chi connectivity index (χ1v) is 9.41. The smallest absolute Gasteiger partial charge is 0.246 e. The number of nitrogens with zero attached hydrogens (tertiary/aromatic N) is 6. The van der Waals surface area contributed by atoms with Crippen LogP contribution in [0.15, 0.2) is 55.5 Å². The number of amides is 1. The van der Waals surface area contributed by atoms with E-state index < -0.39 is 0 Å². The lowest BCUT2D eigenvalue weighted by Crippen LogP contribution is -2.27. The highest BCUT2D eigenvalue weighted by molar-refractivity contribution is 5.99. The molecule has 29 heavy (non-hydrogen) atoms. The summed E-state index contributed by atoms with van der Waals surface area (Å²) >= 11 is 0. The molecule has 0 unspecified atom stereocenters. The third-order valence-electron chi connectivity index (χ3n) is 5.38. The summed E-state index contributed by atoms with van der Waals surface area (Å²) in [7, 11) is 0. The van der Waals surface area contributed by atoms with Crippen LogP contribution in [0.4, 0.5) is 5.82 Å². The van der Waals surface area contributed by atoms with Gasteiger partial charge in [-0.2, -0.15) is 5.10 Å². The normalized spacial score (nSPS) is 16.6. The van der Waals surface area contributed by atoms with Crippen molar-refractivity contribution in [3.05, 3.63) is 55.5 Å². The number of hydrogen-bond acceptors (Lipinski definition) is 6. The van der Waals surface area contributed by atoms with Crippen LogP contribution in [-0.2, 0) is 4.79 Å². The summed E-state index contributed by atoms with van der Waals surface area (Å²) in [6.07, 6.45) is 5.37. The number of likely N-dealkylation sites (tertiary alicyclic amines) is 1. The van der Waals surface area contributed by atoms with E-state index in [-0.39, 0.29) is 11.9 Å². The summed E-state index contributed by atoms with van der Waals surface area (Å²) in [4.78, 5) is 26.9. The molecule has 1 saturated heterocycles. The number of rotatable bonds is 3. The van der Waals surface area contributed by atoms with E-state index in [0.717, 1.165) is 22.9 Å². The van der Waals surface area contributed by atoms with E-state index >= 15 is 0 Å². The molecule has 8 heteroatoms. The van der Waals surface area contributed by atoms with Crippen LogP contribution in [0.5, 0.6) is 0 Å². The van der Waals surface area contributed by atoms with Gasteiger partial charge in [0.2, 0.25) is 5.91 Å². The number of para-hydroxylation sites is 1. The first kappa shape index (κ1) is 17.3. The molecule has 0 bridgehead atoms. The van der Waals surface area contributed by atoms with E-state index in [9.17, 15) is 4.79 Å². The molecule has 1 aliphatic heterocycles. The van der Waals surface area contributed by atoms with E-state index in [1.54, 1.807) is 11.1 Å². The zero-order chi connectivity index (χ0) is 20.0. The Morgan fingerprint density at radius 2 is 2.10 bits per heavy atom. The Hall–Kier alpha value is -3.81. The Bertz CT molecular complexity index is 1260. The molecule has 4 heterocycles. The SMILES string of the molecule is C=CC(=O)N1CC[C@H](n2nc(-c3cnc4ccccc4c3)c3c(N)ncnc32)C1. The molecule has 0 spiro atoms. The van der Waals surface area contributed by atoms with Crippen LogP contribution in [0.3, 0.4) is 0 Å². The number of aromatic nitrogens is 5. The van der Waals surface area contributed by atoms with E-state index in [0.29, 0.717) is 35.6 Å². The minimum atomic E-state index is -0.0722. The van der Waals surface area contributed by atoms with Gasteiger partial charge in [-0.05, 0) is 24.6 Å². The average Bonchev–Trinajstić information content (AvgIpc) is 3.38. The number of carbonyl (C=O) groups excluding carboxylic acids is 1. The topological polar surface area (TPSA) is 103 Å². The van der Waals surface area contributed by atoms with Gasteiger partial charge >= 0.3 is 0 Å². The fraction of sp³-hybridized carbons (Fsp3) is 0.190. The molecular weight excluding hydrogens is 366 g/mol. The summed E-state index contributed by atoms with van der Waals surface area (Å²) in [5.74, 6) is 0.304. The van der Waals surface area contributed by atoms with Crippen LogP contribution in [0.1, 0.15) is 12.5 Å². The van der Waals surface area contributed by atoms with Crippen molar-refractivity contribution in [3.8, 4) is 11.3 Å². The van der Waals surface area contributed by atoms with Gasteiger partial charge in [-0.1, -0.05) is 24.8 Å². The lowest BCUT2D eigenvalue weighted by Gasteiger charge is -2.14. The van der Waals surface area contributed by atoms with E-state index in [2.05, 4.69) is 21.5 Å². The number of anilines is 1. The van der Waals surface area contributed by atoms with Gasteiger partial charge in [0.05, 0.1) is 16.9 Å². The lowest BCUT2D eigenvalue weighted by atomic mass is 10.1. The molecular formula is C21H19N7O. The molecule has 2 N–H and O–H groups in total. The molecule has 4 aromatic rings. The van der Waals surface area contributed by atoms with E-state index in [1.807, 2.05) is 35.0 Å². The minimum absolute atomic E-state index is 0.0119. The monoisotopic (exact) mass is 385 g/mol. The quantitative estimate of drug-likeness (QED) is 0.544. The van der Waals surface area contributed by atoms with E-state index in [1.165, 1.54) is 12.4 Å². The molecule has 1 amide bonds. The first-order chi connectivity index (χ1) is 14.2. The molecule has 3 aromatic heterocycles. The predicted octanol–water partition coefficient (Wildman–Crippen LogP) is 2.58. The zero-order valence-electron chi connectivity index (χ0n) is 15.7. The Balaban J connectivity index is 1.65. The molecule has 144 valence electrons. The number of pyridine rings is 1. The highest BCUT2D eigenvalue weighted by atomic mass is 16.2. The van der Waals surface area contributed by atoms with Crippen LogP contribution >= 0.6 is 0 Å². The second kappa shape index (κ2) is 6.66. The van der Waals surface area contributed by atoms with Crippen molar-refractivity contribution >= 4 is 33.7 Å². The molecule has 5 rings (SSSR count). The fourth-order valence-electron chi connectivity index (χ4n) is 3.92. The summed E-state index contributed by atoms with van der Waals surface area (Å²) in [5.41, 5.74) is 9.35. The third-order valence-corrected chi connectivity index (χ3v) is 5.38. The number of nitrogens with two attached hydrogens (primary N) is 1. The van der Waals surface area contributed by atoms with Crippen LogP contribution in [0, 0.1) is 0 Å². The third kappa shape index (κ3) is 2.80. The maximum Gasteiger partial charge on any atom is 0.246 e. The molecule has 1 atom stereocenters. The Kier molecular flexibility index (Phi) is 3.97. The molecule has 0 radical (unpaired) electrons. The Labute approximate surface area is 166 Å². The van der Waals surface area contributed by atoms with Crippen molar-refractivity contribution in [2.24, 2.45) is 0 Å². The Morgan fingerprint density at radius 1 is 1.24 bits per heavy atom. The Morgan fingerprint density at radius 3 is 2.97 bits per heavy atom. The highest BCUT2D eigenvalue weighted by Gasteiger charge is 2.30. The van der Waals surface area contributed by atoms with E-state index in [4.69, 9.17) is 10.8 Å². The van der Waals surface area contributed by atoms with Crippen molar-refractivity contribution in [1.82, 2.24) is 29.6 Å². The summed E-state index contributed by atoms with van der Waals surface area (Å²) < 4.78 is 1.87. The lowest BCUT2D eigenvalue weighted by molar-refractivity contribution is -0.125. The van der Waals surface area contributed by atoms with Crippen LogP contribution in [-0.4, -0.2) is 48.6 Å². The predicted molar refractivity (Wildman–Crippen MR) is 111 cm³/mol. The number of fused-ring (bicyclic) bond motifs is 2. The standard InChI is InChI=1S/C21H19N7O/c1-2-17(29)27-8-7-15(11-27)28-21-18(20(22)24-12-25-21)19(26-28)14-9-13-5-3-4-6-16(13)23-10-14/h2-6,9-10,12,15H,1,7-8,11H2,(H2,22,24,25)/t15-/m0/s1. The first-order valence-electron chi connectivity index (χ1n) is 9.41. The van der Waals surface area contributed by atoms with Crippen molar-refractivity contribution < 1.29 is 4.79 Å². The van der Waals surface area contributed by atoms with Crippen LogP contribution in [0.25, 0.3) is 33.2 Å². The summed E-state index contributed by atoms with van der Waals surface area (Å²) in [6, 6.07) is 9.98. The molecule has 1 fully saturated rings. The van der Waals surface area contributed by atoms with Crippen molar-refractivity contribution in [2.45, 2.75) is 12.5 Å². The van der Waals surface area contributed by atoms with Crippen molar-refractivity contribution in [2.75, 3.05) is 18.8 Å². The van der Waals surface area contributed by atoms with Gasteiger partial charge in [-0.15, -0.1) is 0 Å². The van der Waals surface area contributed by atoms with Gasteiger partial charge in [0.15, 0.2) is 5.65 Å². The molecule has 1 aromatic carbocycles. The van der Waals surface area contributed by atoms with Gasteiger partial charge in [-0.25, -0.2) is 14.6 Å². The van der Waals surface area contributed by atoms with Gasteiger partial charge in [0, 0.05) is 30.2 Å². The average molecular weight is 385 g/mol. The second-order valence-corrected chi connectivity index (χ2v) is 7.10. The number of nitrogen functional groups attached to an aromatic ring is 1. The van der Waals surface area contributed by atoms with Gasteiger partial charge in [0.25, 0.3) is 0 Å².